The molecule has 0 spiro atoms. The number of ether oxygens (including phenoxy) is 2. The third kappa shape index (κ3) is 4.68. The molecule has 130 valence electrons. The van der Waals surface area contributed by atoms with Crippen LogP contribution in [0, 0.1) is 23.2 Å². The van der Waals surface area contributed by atoms with E-state index in [-0.39, 0.29) is 5.92 Å². The number of esters is 2. The molecule has 1 atom stereocenters. The van der Waals surface area contributed by atoms with Crippen LogP contribution in [-0.2, 0) is 19.1 Å². The lowest BCUT2D eigenvalue weighted by Crippen LogP contribution is -2.58. The summed E-state index contributed by atoms with van der Waals surface area (Å²) in [6.07, 6.45) is -1.06. The van der Waals surface area contributed by atoms with Gasteiger partial charge >= 0.3 is 17.9 Å². The smallest absolute Gasteiger partial charge is 0.381 e. The monoisotopic (exact) mass is 318 g/mol. The highest BCUT2D eigenvalue weighted by Crippen LogP contribution is 2.40. The maximum absolute atomic E-state index is 11.9. The molecule has 0 aromatic carbocycles. The van der Waals surface area contributed by atoms with E-state index >= 15 is 0 Å². The second kappa shape index (κ2) is 7.42. The molecule has 0 aromatic rings. The Morgan fingerprint density at radius 2 is 1.18 bits per heavy atom. The van der Waals surface area contributed by atoms with Gasteiger partial charge in [0.1, 0.15) is 0 Å². The van der Waals surface area contributed by atoms with Gasteiger partial charge in [-0.2, -0.15) is 0 Å². The Kier molecular flexibility index (Phi) is 7.03. The third-order valence-corrected chi connectivity index (χ3v) is 3.61. The Balaban J connectivity index is 5.67. The van der Waals surface area contributed by atoms with Crippen LogP contribution in [0.1, 0.15) is 55.4 Å². The molecule has 1 unspecified atom stereocenters. The van der Waals surface area contributed by atoms with Crippen LogP contribution in [0.25, 0.3) is 0 Å². The number of rotatable bonds is 7. The lowest BCUT2D eigenvalue weighted by atomic mass is 9.78. The molecule has 6 nitrogen and oxygen atoms in total. The van der Waals surface area contributed by atoms with Crippen molar-refractivity contribution in [1.82, 2.24) is 0 Å². The minimum absolute atomic E-state index is 0.239. The average Bonchev–Trinajstić information content (AvgIpc) is 2.36. The van der Waals surface area contributed by atoms with Crippen LogP contribution in [0.2, 0.25) is 0 Å². The van der Waals surface area contributed by atoms with Crippen molar-refractivity contribution in [1.29, 1.82) is 0 Å². The Bertz CT molecular complexity index is 375. The van der Waals surface area contributed by atoms with Gasteiger partial charge in [0.2, 0.25) is 0 Å². The second-order valence-electron chi connectivity index (χ2n) is 7.14. The van der Waals surface area contributed by atoms with E-state index in [2.05, 4.69) is 0 Å². The maximum Gasteiger partial charge on any atom is 0.381 e. The first-order valence-electron chi connectivity index (χ1n) is 7.62. The Labute approximate surface area is 132 Å². The summed E-state index contributed by atoms with van der Waals surface area (Å²) in [6, 6.07) is 0. The average molecular weight is 318 g/mol. The van der Waals surface area contributed by atoms with Crippen molar-refractivity contribution in [2.24, 2.45) is 23.2 Å². The molecule has 0 fully saturated rings. The van der Waals surface area contributed by atoms with Crippen molar-refractivity contribution >= 4 is 11.9 Å². The Morgan fingerprint density at radius 1 is 0.864 bits per heavy atom. The fraction of sp³-hybridized carbons (Fsp3) is 0.875. The fourth-order valence-corrected chi connectivity index (χ4v) is 1.81. The predicted octanol–water partition coefficient (Wildman–Crippen LogP) is 2.07. The summed E-state index contributed by atoms with van der Waals surface area (Å²) in [5.41, 5.74) is -1.41. The summed E-state index contributed by atoms with van der Waals surface area (Å²) in [5, 5.41) is 21.1. The molecule has 0 heterocycles. The van der Waals surface area contributed by atoms with Gasteiger partial charge in [0.15, 0.2) is 0 Å². The first-order chi connectivity index (χ1) is 9.76. The van der Waals surface area contributed by atoms with E-state index in [1.807, 2.05) is 0 Å². The predicted molar refractivity (Wildman–Crippen MR) is 81.4 cm³/mol. The summed E-state index contributed by atoms with van der Waals surface area (Å²) in [4.78, 5) is 23.8. The molecule has 0 rings (SSSR count). The van der Waals surface area contributed by atoms with Gasteiger partial charge < -0.3 is 19.7 Å². The molecule has 0 aliphatic rings. The van der Waals surface area contributed by atoms with Crippen LogP contribution < -0.4 is 0 Å². The van der Waals surface area contributed by atoms with E-state index in [1.54, 1.807) is 41.5 Å². The van der Waals surface area contributed by atoms with E-state index < -0.39 is 41.3 Å². The van der Waals surface area contributed by atoms with E-state index in [1.165, 1.54) is 13.8 Å². The highest BCUT2D eigenvalue weighted by atomic mass is 16.8. The van der Waals surface area contributed by atoms with E-state index in [0.29, 0.717) is 0 Å². The van der Waals surface area contributed by atoms with Crippen molar-refractivity contribution in [2.45, 2.75) is 67.5 Å². The minimum Gasteiger partial charge on any atom is -0.397 e. The number of aliphatic hydroxyl groups excluding tert-OH is 1. The van der Waals surface area contributed by atoms with Crippen molar-refractivity contribution in [3.8, 4) is 0 Å². The lowest BCUT2D eigenvalue weighted by Gasteiger charge is -2.44. The van der Waals surface area contributed by atoms with Gasteiger partial charge in [-0.05, 0) is 19.8 Å². The van der Waals surface area contributed by atoms with Crippen molar-refractivity contribution < 1.29 is 29.3 Å². The van der Waals surface area contributed by atoms with Gasteiger partial charge in [-0.3, -0.25) is 9.59 Å². The van der Waals surface area contributed by atoms with Crippen LogP contribution in [0.3, 0.4) is 0 Å². The van der Waals surface area contributed by atoms with Gasteiger partial charge in [0.25, 0.3) is 0 Å². The van der Waals surface area contributed by atoms with Gasteiger partial charge in [-0.1, -0.05) is 41.5 Å². The van der Waals surface area contributed by atoms with Crippen LogP contribution >= 0.6 is 0 Å². The number of carbonyl (C=O) groups excluding carboxylic acids is 2. The molecule has 22 heavy (non-hydrogen) atoms. The molecule has 0 aliphatic carbocycles. The van der Waals surface area contributed by atoms with Crippen molar-refractivity contribution in [3.05, 3.63) is 0 Å². The molecule has 6 heteroatoms. The second-order valence-corrected chi connectivity index (χ2v) is 7.14. The summed E-state index contributed by atoms with van der Waals surface area (Å²) in [6.45, 7) is 12.9. The standard InChI is InChI=1S/C16H30O6/c1-9(2)12(17)15(7,8)16(20,21-13(18)10(3)4)22-14(19)11(5)6/h9-12,17,20H,1-8H3. The zero-order valence-corrected chi connectivity index (χ0v) is 14.8. The first kappa shape index (κ1) is 20.9. The van der Waals surface area contributed by atoms with Gasteiger partial charge in [0, 0.05) is 0 Å². The zero-order chi connectivity index (χ0) is 17.9. The zero-order valence-electron chi connectivity index (χ0n) is 14.8. The van der Waals surface area contributed by atoms with Gasteiger partial charge in [0.05, 0.1) is 23.4 Å². The molecule has 0 aliphatic heterocycles. The largest absolute Gasteiger partial charge is 0.397 e. The molecule has 0 bridgehead atoms. The van der Waals surface area contributed by atoms with E-state index in [4.69, 9.17) is 9.47 Å². The minimum atomic E-state index is -2.54. The van der Waals surface area contributed by atoms with Gasteiger partial charge in [-0.25, -0.2) is 0 Å². The summed E-state index contributed by atoms with van der Waals surface area (Å²) in [7, 11) is 0. The summed E-state index contributed by atoms with van der Waals surface area (Å²) in [5.74, 6) is -5.25. The van der Waals surface area contributed by atoms with Crippen LogP contribution in [0.15, 0.2) is 0 Å². The molecule has 0 amide bonds. The molecule has 0 saturated heterocycles. The lowest BCUT2D eigenvalue weighted by molar-refractivity contribution is -0.388. The number of hydrogen-bond donors (Lipinski definition) is 2. The number of hydrogen-bond acceptors (Lipinski definition) is 6. The van der Waals surface area contributed by atoms with Crippen LogP contribution in [-0.4, -0.2) is 34.2 Å². The third-order valence-electron chi connectivity index (χ3n) is 3.61. The summed E-state index contributed by atoms with van der Waals surface area (Å²) < 4.78 is 10.1. The van der Waals surface area contributed by atoms with E-state index in [9.17, 15) is 19.8 Å². The van der Waals surface area contributed by atoms with Crippen molar-refractivity contribution in [2.75, 3.05) is 0 Å². The molecule has 2 N–H and O–H groups in total. The molecule has 0 aromatic heterocycles. The normalized spacial score (nSPS) is 14.4. The molecule has 0 saturated carbocycles. The van der Waals surface area contributed by atoms with Crippen LogP contribution in [0.5, 0.6) is 0 Å². The topological polar surface area (TPSA) is 93.1 Å². The maximum atomic E-state index is 11.9. The molecule has 0 radical (unpaired) electrons. The highest BCUT2D eigenvalue weighted by Gasteiger charge is 2.56. The highest BCUT2D eigenvalue weighted by molar-refractivity contribution is 5.74. The fourth-order valence-electron chi connectivity index (χ4n) is 1.81. The molecular weight excluding hydrogens is 288 g/mol. The van der Waals surface area contributed by atoms with Crippen LogP contribution in [0.4, 0.5) is 0 Å². The number of carbonyl (C=O) groups is 2. The van der Waals surface area contributed by atoms with E-state index in [0.717, 1.165) is 0 Å². The molecular formula is C16H30O6. The number of aliphatic hydroxyl groups is 2. The summed E-state index contributed by atoms with van der Waals surface area (Å²) >= 11 is 0. The van der Waals surface area contributed by atoms with Crippen molar-refractivity contribution in [3.63, 3.8) is 0 Å². The quantitative estimate of drug-likeness (QED) is 0.551. The Morgan fingerprint density at radius 3 is 1.41 bits per heavy atom. The first-order valence-corrected chi connectivity index (χ1v) is 7.62. The Hall–Kier alpha value is -1.14. The SMILES string of the molecule is CC(C)C(=O)OC(O)(OC(=O)C(C)C)C(C)(C)C(O)C(C)C. The van der Waals surface area contributed by atoms with Gasteiger partial charge in [-0.15, -0.1) is 0 Å².